The Morgan fingerprint density at radius 1 is 0.852 bits per heavy atom. The van der Waals surface area contributed by atoms with Gasteiger partial charge in [-0.3, -0.25) is 4.90 Å². The predicted octanol–water partition coefficient (Wildman–Crippen LogP) is 5.88. The van der Waals surface area contributed by atoms with E-state index in [-0.39, 0.29) is 6.04 Å². The number of H-pyrrole nitrogens is 1. The lowest BCUT2D eigenvalue weighted by atomic mass is 9.90. The van der Waals surface area contributed by atoms with Crippen LogP contribution in [0.1, 0.15) is 41.4 Å². The van der Waals surface area contributed by atoms with E-state index in [0.717, 1.165) is 13.0 Å². The third-order valence-electron chi connectivity index (χ3n) is 5.97. The Labute approximate surface area is 160 Å². The van der Waals surface area contributed by atoms with Gasteiger partial charge in [-0.2, -0.15) is 0 Å². The fourth-order valence-corrected chi connectivity index (χ4v) is 4.59. The van der Waals surface area contributed by atoms with Crippen LogP contribution in [0.25, 0.3) is 10.9 Å². The first kappa shape index (κ1) is 16.3. The van der Waals surface area contributed by atoms with Crippen molar-refractivity contribution in [3.05, 3.63) is 107 Å². The van der Waals surface area contributed by atoms with E-state index < -0.39 is 0 Å². The number of aromatic amines is 1. The maximum atomic E-state index is 3.76. The molecule has 0 fully saturated rings. The molecule has 0 radical (unpaired) electrons. The van der Waals surface area contributed by atoms with Gasteiger partial charge < -0.3 is 4.98 Å². The zero-order chi connectivity index (χ0) is 18.2. The van der Waals surface area contributed by atoms with Crippen LogP contribution < -0.4 is 0 Å². The number of aromatic nitrogens is 1. The molecule has 1 aliphatic rings. The first-order valence-electron chi connectivity index (χ1n) is 9.78. The molecular weight excluding hydrogens is 328 g/mol. The molecule has 1 N–H and O–H groups in total. The third-order valence-corrected chi connectivity index (χ3v) is 5.97. The number of hydrogen-bond donors (Lipinski definition) is 1. The summed E-state index contributed by atoms with van der Waals surface area (Å²) in [4.78, 5) is 6.40. The van der Waals surface area contributed by atoms with E-state index in [1.807, 2.05) is 0 Å². The second-order valence-corrected chi connectivity index (χ2v) is 7.45. The molecule has 0 saturated heterocycles. The summed E-state index contributed by atoms with van der Waals surface area (Å²) in [5.41, 5.74) is 6.82. The number of rotatable bonds is 3. The smallest absolute Gasteiger partial charge is 0.0762 e. The van der Waals surface area contributed by atoms with Crippen molar-refractivity contribution in [2.75, 3.05) is 6.54 Å². The summed E-state index contributed by atoms with van der Waals surface area (Å²) in [7, 11) is 0. The quantitative estimate of drug-likeness (QED) is 0.488. The van der Waals surface area contributed by atoms with E-state index in [1.165, 1.54) is 33.3 Å². The predicted molar refractivity (Wildman–Crippen MR) is 112 cm³/mol. The van der Waals surface area contributed by atoms with Gasteiger partial charge in [0.05, 0.1) is 6.04 Å². The monoisotopic (exact) mass is 352 g/mol. The van der Waals surface area contributed by atoms with Gasteiger partial charge in [0.1, 0.15) is 0 Å². The lowest BCUT2D eigenvalue weighted by molar-refractivity contribution is 0.155. The van der Waals surface area contributed by atoms with Gasteiger partial charge in [-0.25, -0.2) is 0 Å². The highest BCUT2D eigenvalue weighted by atomic mass is 15.2. The lowest BCUT2D eigenvalue weighted by Crippen LogP contribution is -2.38. The molecular formula is C25H24N2. The molecule has 2 nitrogen and oxygen atoms in total. The number of fused-ring (bicyclic) bond motifs is 3. The largest absolute Gasteiger partial charge is 0.357 e. The Morgan fingerprint density at radius 2 is 1.52 bits per heavy atom. The Kier molecular flexibility index (Phi) is 4.06. The Bertz CT molecular complexity index is 1050. The van der Waals surface area contributed by atoms with Crippen LogP contribution in [0.4, 0.5) is 0 Å². The van der Waals surface area contributed by atoms with Gasteiger partial charge >= 0.3 is 0 Å². The van der Waals surface area contributed by atoms with Gasteiger partial charge in [-0.15, -0.1) is 0 Å². The highest BCUT2D eigenvalue weighted by Gasteiger charge is 2.34. The van der Waals surface area contributed by atoms with Crippen molar-refractivity contribution in [1.82, 2.24) is 9.88 Å². The highest BCUT2D eigenvalue weighted by Crippen LogP contribution is 2.42. The fourth-order valence-electron chi connectivity index (χ4n) is 4.59. The zero-order valence-electron chi connectivity index (χ0n) is 15.6. The number of nitrogens with zero attached hydrogens (tertiary/aromatic N) is 1. The number of para-hydroxylation sites is 1. The van der Waals surface area contributed by atoms with Crippen molar-refractivity contribution in [2.24, 2.45) is 0 Å². The van der Waals surface area contributed by atoms with E-state index in [0.29, 0.717) is 6.04 Å². The number of nitrogens with one attached hydrogen (secondary N) is 1. The normalized spacial score (nSPS) is 18.3. The van der Waals surface area contributed by atoms with E-state index in [4.69, 9.17) is 0 Å². The molecule has 0 saturated carbocycles. The first-order valence-corrected chi connectivity index (χ1v) is 9.78. The molecule has 0 amide bonds. The van der Waals surface area contributed by atoms with Gasteiger partial charge in [0.2, 0.25) is 0 Å². The SMILES string of the molecule is C[C@@H](c1ccccc1)N1CCc2c([nH]c3ccccc23)[C@H]1c1ccccc1. The van der Waals surface area contributed by atoms with Crippen LogP contribution in [0.2, 0.25) is 0 Å². The van der Waals surface area contributed by atoms with Crippen LogP contribution >= 0.6 is 0 Å². The molecule has 2 heterocycles. The van der Waals surface area contributed by atoms with Gasteiger partial charge in [0, 0.05) is 29.2 Å². The summed E-state index contributed by atoms with van der Waals surface area (Å²) in [6, 6.07) is 31.1. The summed E-state index contributed by atoms with van der Waals surface area (Å²) < 4.78 is 0. The molecule has 4 aromatic rings. The molecule has 1 aliphatic heterocycles. The highest BCUT2D eigenvalue weighted by molar-refractivity contribution is 5.85. The van der Waals surface area contributed by atoms with Crippen molar-refractivity contribution in [2.45, 2.75) is 25.4 Å². The van der Waals surface area contributed by atoms with Crippen molar-refractivity contribution >= 4 is 10.9 Å². The topological polar surface area (TPSA) is 19.0 Å². The standard InChI is InChI=1S/C25H24N2/c1-18(19-10-4-2-5-11-19)27-17-16-22-21-14-8-9-15-23(21)26-24(22)25(27)20-12-6-3-7-13-20/h2-15,18,25-26H,16-17H2,1H3/t18-,25+/m0/s1. The minimum atomic E-state index is 0.248. The van der Waals surface area contributed by atoms with Crippen LogP contribution in [0, 0.1) is 0 Å². The van der Waals surface area contributed by atoms with Crippen LogP contribution in [0.15, 0.2) is 84.9 Å². The van der Waals surface area contributed by atoms with E-state index >= 15 is 0 Å². The fraction of sp³-hybridized carbons (Fsp3) is 0.200. The van der Waals surface area contributed by atoms with Crippen LogP contribution in [0.5, 0.6) is 0 Å². The molecule has 0 bridgehead atoms. The summed E-state index contributed by atoms with van der Waals surface area (Å²) in [6.07, 6.45) is 1.08. The van der Waals surface area contributed by atoms with Crippen LogP contribution in [-0.2, 0) is 6.42 Å². The lowest BCUT2D eigenvalue weighted by Gasteiger charge is -2.40. The number of hydrogen-bond acceptors (Lipinski definition) is 1. The average Bonchev–Trinajstić information content (AvgIpc) is 3.12. The van der Waals surface area contributed by atoms with E-state index in [9.17, 15) is 0 Å². The molecule has 1 aromatic heterocycles. The maximum Gasteiger partial charge on any atom is 0.0762 e. The minimum Gasteiger partial charge on any atom is -0.357 e. The minimum absolute atomic E-state index is 0.248. The van der Waals surface area contributed by atoms with Gasteiger partial charge in [-0.1, -0.05) is 78.9 Å². The second-order valence-electron chi connectivity index (χ2n) is 7.45. The van der Waals surface area contributed by atoms with Gasteiger partial charge in [-0.05, 0) is 36.1 Å². The van der Waals surface area contributed by atoms with Crippen molar-refractivity contribution in [3.8, 4) is 0 Å². The second kappa shape index (κ2) is 6.71. The first-order chi connectivity index (χ1) is 13.3. The maximum absolute atomic E-state index is 3.76. The zero-order valence-corrected chi connectivity index (χ0v) is 15.6. The Hall–Kier alpha value is -2.84. The molecule has 27 heavy (non-hydrogen) atoms. The summed E-state index contributed by atoms with van der Waals surface area (Å²) in [5.74, 6) is 0. The molecule has 134 valence electrons. The van der Waals surface area contributed by atoms with E-state index in [1.54, 1.807) is 0 Å². The Balaban J connectivity index is 1.66. The van der Waals surface area contributed by atoms with Crippen LogP contribution in [-0.4, -0.2) is 16.4 Å². The van der Waals surface area contributed by atoms with Crippen molar-refractivity contribution in [1.29, 1.82) is 0 Å². The molecule has 3 aromatic carbocycles. The van der Waals surface area contributed by atoms with Crippen LogP contribution in [0.3, 0.4) is 0 Å². The van der Waals surface area contributed by atoms with Crippen molar-refractivity contribution < 1.29 is 0 Å². The summed E-state index contributed by atoms with van der Waals surface area (Å²) >= 11 is 0. The van der Waals surface area contributed by atoms with E-state index in [2.05, 4.69) is 102 Å². The number of benzene rings is 3. The Morgan fingerprint density at radius 3 is 2.30 bits per heavy atom. The third kappa shape index (κ3) is 2.77. The molecule has 5 rings (SSSR count). The van der Waals surface area contributed by atoms with Crippen molar-refractivity contribution in [3.63, 3.8) is 0 Å². The molecule has 0 aliphatic carbocycles. The molecule has 0 spiro atoms. The molecule has 0 unspecified atom stereocenters. The average molecular weight is 352 g/mol. The molecule has 2 heteroatoms. The summed E-state index contributed by atoms with van der Waals surface area (Å²) in [5, 5.41) is 1.38. The van der Waals surface area contributed by atoms with Gasteiger partial charge in [0.25, 0.3) is 0 Å². The molecule has 2 atom stereocenters. The van der Waals surface area contributed by atoms with Gasteiger partial charge in [0.15, 0.2) is 0 Å². The summed E-state index contributed by atoms with van der Waals surface area (Å²) in [6.45, 7) is 3.39.